The summed E-state index contributed by atoms with van der Waals surface area (Å²) < 4.78 is 5.32. The van der Waals surface area contributed by atoms with Crippen LogP contribution in [0.3, 0.4) is 0 Å². The van der Waals surface area contributed by atoms with Crippen LogP contribution in [0.2, 0.25) is 5.02 Å². The van der Waals surface area contributed by atoms with Gasteiger partial charge in [-0.05, 0) is 36.4 Å². The van der Waals surface area contributed by atoms with Gasteiger partial charge in [0.25, 0.3) is 11.6 Å². The molecule has 1 aliphatic heterocycles. The Morgan fingerprint density at radius 2 is 1.69 bits per heavy atom. The smallest absolute Gasteiger partial charge is 0.276 e. The topological polar surface area (TPSA) is 92.7 Å². The molecule has 0 N–H and O–H groups in total. The zero-order chi connectivity index (χ0) is 20.4. The number of nitrogens with zero attached hydrogens (tertiary/aromatic N) is 4. The minimum Gasteiger partial charge on any atom is -0.368 e. The van der Waals surface area contributed by atoms with Crippen molar-refractivity contribution >= 4 is 28.9 Å². The first kappa shape index (κ1) is 18.9. The number of hydrogen-bond donors (Lipinski definition) is 0. The van der Waals surface area contributed by atoms with Crippen molar-refractivity contribution < 1.29 is 14.2 Å². The van der Waals surface area contributed by atoms with E-state index in [2.05, 4.69) is 10.1 Å². The Balaban J connectivity index is 1.39. The van der Waals surface area contributed by atoms with Crippen LogP contribution in [0.4, 0.5) is 11.4 Å². The van der Waals surface area contributed by atoms with E-state index in [1.807, 2.05) is 0 Å². The maximum Gasteiger partial charge on any atom is 0.276 e. The fourth-order valence-electron chi connectivity index (χ4n) is 3.24. The summed E-state index contributed by atoms with van der Waals surface area (Å²) in [5.74, 6) is 0.326. The lowest BCUT2D eigenvalue weighted by Gasteiger charge is -2.35. The zero-order valence-electron chi connectivity index (χ0n) is 15.3. The zero-order valence-corrected chi connectivity index (χ0v) is 16.1. The van der Waals surface area contributed by atoms with E-state index in [0.29, 0.717) is 37.0 Å². The molecule has 1 saturated heterocycles. The molecule has 9 heteroatoms. The molecule has 1 fully saturated rings. The Morgan fingerprint density at radius 3 is 2.31 bits per heavy atom. The Hall–Kier alpha value is -3.39. The lowest BCUT2D eigenvalue weighted by atomic mass is 10.1. The molecule has 8 nitrogen and oxygen atoms in total. The summed E-state index contributed by atoms with van der Waals surface area (Å²) in [7, 11) is 0. The van der Waals surface area contributed by atoms with Gasteiger partial charge in [0.15, 0.2) is 11.5 Å². The number of carbonyl (C=O) groups excluding carboxylic acids is 1. The Bertz CT molecular complexity index is 1030. The lowest BCUT2D eigenvalue weighted by molar-refractivity contribution is -0.384. The van der Waals surface area contributed by atoms with Gasteiger partial charge in [-0.15, -0.1) is 0 Å². The normalized spacial score (nSPS) is 14.1. The highest BCUT2D eigenvalue weighted by atomic mass is 35.5. The number of benzene rings is 2. The second-order valence-corrected chi connectivity index (χ2v) is 7.07. The molecular weight excluding hydrogens is 396 g/mol. The van der Waals surface area contributed by atoms with Crippen LogP contribution in [0, 0.1) is 10.1 Å². The number of piperazine rings is 1. The third kappa shape index (κ3) is 4.07. The highest BCUT2D eigenvalue weighted by Gasteiger charge is 2.25. The standard InChI is InChI=1S/C20H17ClN4O4/c21-15-3-1-14(2-4-15)19-13-18(22-29-19)20(26)24-11-9-23(10-12-24)16-5-7-17(8-6-16)25(27)28/h1-8,13H,9-12H2. The highest BCUT2D eigenvalue weighted by Crippen LogP contribution is 2.24. The van der Waals surface area contributed by atoms with Crippen molar-refractivity contribution in [2.24, 2.45) is 0 Å². The number of carbonyl (C=O) groups is 1. The number of nitro groups is 1. The summed E-state index contributed by atoms with van der Waals surface area (Å²) in [6.07, 6.45) is 0. The minimum atomic E-state index is -0.420. The van der Waals surface area contributed by atoms with Crippen LogP contribution >= 0.6 is 11.6 Å². The molecule has 0 spiro atoms. The van der Waals surface area contributed by atoms with Gasteiger partial charge in [-0.2, -0.15) is 0 Å². The summed E-state index contributed by atoms with van der Waals surface area (Å²) in [6.45, 7) is 2.31. The average molecular weight is 413 g/mol. The molecule has 29 heavy (non-hydrogen) atoms. The molecular formula is C20H17ClN4O4. The van der Waals surface area contributed by atoms with Crippen LogP contribution in [0.5, 0.6) is 0 Å². The second kappa shape index (κ2) is 7.92. The molecule has 0 bridgehead atoms. The van der Waals surface area contributed by atoms with Gasteiger partial charge in [0.2, 0.25) is 0 Å². The molecule has 2 heterocycles. The molecule has 0 saturated carbocycles. The van der Waals surface area contributed by atoms with E-state index < -0.39 is 4.92 Å². The fraction of sp³-hybridized carbons (Fsp3) is 0.200. The third-order valence-corrected chi connectivity index (χ3v) is 5.10. The van der Waals surface area contributed by atoms with E-state index in [9.17, 15) is 14.9 Å². The molecule has 0 unspecified atom stereocenters. The van der Waals surface area contributed by atoms with Crippen LogP contribution in [-0.4, -0.2) is 47.1 Å². The maximum atomic E-state index is 12.8. The first-order chi connectivity index (χ1) is 14.0. The van der Waals surface area contributed by atoms with E-state index >= 15 is 0 Å². The Labute approximate surface area is 171 Å². The van der Waals surface area contributed by atoms with Crippen molar-refractivity contribution in [1.82, 2.24) is 10.1 Å². The molecule has 0 aliphatic carbocycles. The van der Waals surface area contributed by atoms with Crippen LogP contribution in [0.15, 0.2) is 59.1 Å². The largest absolute Gasteiger partial charge is 0.368 e. The summed E-state index contributed by atoms with van der Waals surface area (Å²) in [4.78, 5) is 26.9. The van der Waals surface area contributed by atoms with Gasteiger partial charge in [0.05, 0.1) is 4.92 Å². The van der Waals surface area contributed by atoms with Crippen molar-refractivity contribution in [3.63, 3.8) is 0 Å². The molecule has 0 atom stereocenters. The van der Waals surface area contributed by atoms with Crippen LogP contribution in [0.25, 0.3) is 11.3 Å². The number of non-ortho nitro benzene ring substituents is 1. The predicted octanol–water partition coefficient (Wildman–Crippen LogP) is 3.87. The van der Waals surface area contributed by atoms with E-state index in [0.717, 1.165) is 11.3 Å². The third-order valence-electron chi connectivity index (χ3n) is 4.85. The van der Waals surface area contributed by atoms with Crippen molar-refractivity contribution in [2.75, 3.05) is 31.1 Å². The summed E-state index contributed by atoms with van der Waals surface area (Å²) in [5.41, 5.74) is 2.02. The van der Waals surface area contributed by atoms with Gasteiger partial charge in [-0.3, -0.25) is 14.9 Å². The summed E-state index contributed by atoms with van der Waals surface area (Å²) in [6, 6.07) is 15.2. The average Bonchev–Trinajstić information content (AvgIpc) is 3.24. The maximum absolute atomic E-state index is 12.8. The van der Waals surface area contributed by atoms with Gasteiger partial charge in [-0.1, -0.05) is 16.8 Å². The number of aromatic nitrogens is 1. The Kier molecular flexibility index (Phi) is 5.18. The van der Waals surface area contributed by atoms with Crippen LogP contribution in [0.1, 0.15) is 10.5 Å². The highest BCUT2D eigenvalue weighted by molar-refractivity contribution is 6.30. The SMILES string of the molecule is O=C(c1cc(-c2ccc(Cl)cc2)on1)N1CCN(c2ccc([N+](=O)[O-])cc2)CC1. The van der Waals surface area contributed by atoms with Crippen molar-refractivity contribution in [3.8, 4) is 11.3 Å². The summed E-state index contributed by atoms with van der Waals surface area (Å²) >= 11 is 5.89. The number of nitro benzene ring substituents is 1. The second-order valence-electron chi connectivity index (χ2n) is 6.64. The van der Waals surface area contributed by atoms with Gasteiger partial charge < -0.3 is 14.3 Å². The van der Waals surface area contributed by atoms with Crippen molar-refractivity contribution in [2.45, 2.75) is 0 Å². The molecule has 1 amide bonds. The molecule has 3 aromatic rings. The lowest BCUT2D eigenvalue weighted by Crippen LogP contribution is -2.48. The van der Waals surface area contributed by atoms with Crippen LogP contribution < -0.4 is 4.90 Å². The molecule has 4 rings (SSSR count). The van der Waals surface area contributed by atoms with E-state index in [-0.39, 0.29) is 17.3 Å². The summed E-state index contributed by atoms with van der Waals surface area (Å²) in [5, 5.41) is 15.3. The van der Waals surface area contributed by atoms with E-state index in [1.54, 1.807) is 47.4 Å². The monoisotopic (exact) mass is 412 g/mol. The van der Waals surface area contributed by atoms with E-state index in [4.69, 9.17) is 16.1 Å². The molecule has 1 aromatic heterocycles. The van der Waals surface area contributed by atoms with Crippen molar-refractivity contribution in [1.29, 1.82) is 0 Å². The molecule has 1 aliphatic rings. The predicted molar refractivity (Wildman–Crippen MR) is 108 cm³/mol. The number of halogens is 1. The van der Waals surface area contributed by atoms with Crippen molar-refractivity contribution in [3.05, 3.63) is 75.4 Å². The van der Waals surface area contributed by atoms with Gasteiger partial charge in [0, 0.05) is 60.7 Å². The first-order valence-electron chi connectivity index (χ1n) is 9.02. The first-order valence-corrected chi connectivity index (χ1v) is 9.40. The van der Waals surface area contributed by atoms with Crippen LogP contribution in [-0.2, 0) is 0 Å². The number of amides is 1. The number of rotatable bonds is 4. The quantitative estimate of drug-likeness (QED) is 0.477. The molecule has 2 aromatic carbocycles. The van der Waals surface area contributed by atoms with Gasteiger partial charge in [0.1, 0.15) is 0 Å². The van der Waals surface area contributed by atoms with Gasteiger partial charge >= 0.3 is 0 Å². The Morgan fingerprint density at radius 1 is 1.03 bits per heavy atom. The van der Waals surface area contributed by atoms with Gasteiger partial charge in [-0.25, -0.2) is 0 Å². The number of anilines is 1. The number of hydrogen-bond acceptors (Lipinski definition) is 6. The molecule has 0 radical (unpaired) electrons. The van der Waals surface area contributed by atoms with E-state index in [1.165, 1.54) is 12.1 Å². The minimum absolute atomic E-state index is 0.0603. The molecule has 148 valence electrons. The fourth-order valence-corrected chi connectivity index (χ4v) is 3.37.